The molecule has 1 fully saturated rings. The molecule has 4 rings (SSSR count). The van der Waals surface area contributed by atoms with E-state index >= 15 is 0 Å². The summed E-state index contributed by atoms with van der Waals surface area (Å²) in [6.07, 6.45) is 1.68. The van der Waals surface area contributed by atoms with Crippen LogP contribution in [0.5, 0.6) is 0 Å². The largest absolute Gasteiger partial charge is 0.416 e. The maximum Gasteiger partial charge on any atom is 0.416 e. The van der Waals surface area contributed by atoms with Gasteiger partial charge in [0, 0.05) is 30.2 Å². The van der Waals surface area contributed by atoms with E-state index in [1.54, 1.807) is 16.0 Å². The van der Waals surface area contributed by atoms with Crippen molar-refractivity contribution in [3.63, 3.8) is 0 Å². The van der Waals surface area contributed by atoms with E-state index in [-0.39, 0.29) is 5.91 Å². The van der Waals surface area contributed by atoms with Crippen LogP contribution in [0.15, 0.2) is 35.8 Å². The van der Waals surface area contributed by atoms with E-state index in [1.807, 2.05) is 4.90 Å². The van der Waals surface area contributed by atoms with E-state index < -0.39 is 11.7 Å². The summed E-state index contributed by atoms with van der Waals surface area (Å²) in [7, 11) is 0. The van der Waals surface area contributed by atoms with Gasteiger partial charge in [-0.2, -0.15) is 13.2 Å². The predicted octanol–water partition coefficient (Wildman–Crippen LogP) is 5.10. The van der Waals surface area contributed by atoms with Crippen LogP contribution in [0, 0.1) is 0 Å². The summed E-state index contributed by atoms with van der Waals surface area (Å²) in [4.78, 5) is 19.9. The number of hydrogen-bond acceptors (Lipinski definition) is 3. The van der Waals surface area contributed by atoms with Crippen molar-refractivity contribution in [2.75, 3.05) is 13.1 Å². The number of fused-ring (bicyclic) bond motifs is 1. The van der Waals surface area contributed by atoms with Crippen molar-refractivity contribution in [2.45, 2.75) is 31.9 Å². The third kappa shape index (κ3) is 3.58. The molecule has 3 aromatic rings. The number of amides is 1. The smallest absolute Gasteiger partial charge is 0.337 e. The van der Waals surface area contributed by atoms with Gasteiger partial charge in [0.25, 0.3) is 5.91 Å². The van der Waals surface area contributed by atoms with Gasteiger partial charge < -0.3 is 4.90 Å². The summed E-state index contributed by atoms with van der Waals surface area (Å²) < 4.78 is 39.9. The Labute approximate surface area is 158 Å². The van der Waals surface area contributed by atoms with Crippen molar-refractivity contribution in [3.8, 4) is 11.3 Å². The molecule has 1 aromatic carbocycles. The standard InChI is InChI=1S/C19H18F3N3OS/c20-19(21,22)14-7-5-13(6-8-14)15-11-25-16(12-27-18(25)23-15)17(26)24-9-3-1-2-4-10-24/h5-8,11-12H,1-4,9-10H2. The molecule has 0 bridgehead atoms. The number of nitrogens with zero attached hydrogens (tertiary/aromatic N) is 3. The highest BCUT2D eigenvalue weighted by Gasteiger charge is 2.30. The first-order chi connectivity index (χ1) is 12.9. The topological polar surface area (TPSA) is 37.6 Å². The van der Waals surface area contributed by atoms with Crippen molar-refractivity contribution >= 4 is 22.2 Å². The molecule has 1 amide bonds. The zero-order valence-corrected chi connectivity index (χ0v) is 15.3. The number of rotatable bonds is 2. The van der Waals surface area contributed by atoms with Gasteiger partial charge in [-0.15, -0.1) is 11.3 Å². The maximum atomic E-state index is 12.9. The Hall–Kier alpha value is -2.35. The summed E-state index contributed by atoms with van der Waals surface area (Å²) in [5.74, 6) is -0.0143. The van der Waals surface area contributed by atoms with Crippen LogP contribution in [0.1, 0.15) is 41.7 Å². The van der Waals surface area contributed by atoms with Crippen molar-refractivity contribution in [3.05, 3.63) is 47.1 Å². The molecule has 0 spiro atoms. The molecule has 27 heavy (non-hydrogen) atoms. The van der Waals surface area contributed by atoms with Gasteiger partial charge in [-0.05, 0) is 25.0 Å². The van der Waals surface area contributed by atoms with Crippen LogP contribution >= 0.6 is 11.3 Å². The van der Waals surface area contributed by atoms with E-state index in [0.29, 0.717) is 21.9 Å². The molecular weight excluding hydrogens is 375 g/mol. The second kappa shape index (κ2) is 6.99. The second-order valence-electron chi connectivity index (χ2n) is 6.68. The molecule has 0 aliphatic carbocycles. The normalized spacial score (nSPS) is 15.9. The number of carbonyl (C=O) groups excluding carboxylic acids is 1. The Morgan fingerprint density at radius 2 is 1.70 bits per heavy atom. The first-order valence-corrected chi connectivity index (χ1v) is 9.75. The third-order valence-corrected chi connectivity index (χ3v) is 5.67. The number of likely N-dealkylation sites (tertiary alicyclic amines) is 1. The van der Waals surface area contributed by atoms with Gasteiger partial charge in [-0.1, -0.05) is 25.0 Å². The first-order valence-electron chi connectivity index (χ1n) is 8.87. The number of halogens is 3. The molecule has 1 aliphatic rings. The zero-order chi connectivity index (χ0) is 19.0. The molecular formula is C19H18F3N3OS. The molecule has 0 N–H and O–H groups in total. The van der Waals surface area contributed by atoms with Crippen LogP contribution in [-0.2, 0) is 6.18 Å². The minimum Gasteiger partial charge on any atom is -0.337 e. The molecule has 3 heterocycles. The Morgan fingerprint density at radius 3 is 2.33 bits per heavy atom. The molecule has 2 aromatic heterocycles. The van der Waals surface area contributed by atoms with Gasteiger partial charge in [0.05, 0.1) is 11.3 Å². The van der Waals surface area contributed by atoms with Gasteiger partial charge in [0.1, 0.15) is 5.69 Å². The fraction of sp³-hybridized carbons (Fsp3) is 0.368. The Morgan fingerprint density at radius 1 is 1.04 bits per heavy atom. The van der Waals surface area contributed by atoms with Crippen molar-refractivity contribution in [1.82, 2.24) is 14.3 Å². The van der Waals surface area contributed by atoms with Crippen LogP contribution in [0.25, 0.3) is 16.2 Å². The summed E-state index contributed by atoms with van der Waals surface area (Å²) in [5.41, 5.74) is 1.01. The molecule has 0 radical (unpaired) electrons. The number of thiazole rings is 1. The molecule has 142 valence electrons. The zero-order valence-electron chi connectivity index (χ0n) is 14.5. The lowest BCUT2D eigenvalue weighted by atomic mass is 10.1. The van der Waals surface area contributed by atoms with E-state index in [9.17, 15) is 18.0 Å². The minimum absolute atomic E-state index is 0.0143. The van der Waals surface area contributed by atoms with Gasteiger partial charge in [0.15, 0.2) is 4.96 Å². The molecule has 0 saturated carbocycles. The highest BCUT2D eigenvalue weighted by Crippen LogP contribution is 2.31. The van der Waals surface area contributed by atoms with Gasteiger partial charge in [0.2, 0.25) is 0 Å². The number of hydrogen-bond donors (Lipinski definition) is 0. The average molecular weight is 393 g/mol. The molecule has 1 aliphatic heterocycles. The molecule has 4 nitrogen and oxygen atoms in total. The number of carbonyl (C=O) groups is 1. The van der Waals surface area contributed by atoms with Crippen LogP contribution < -0.4 is 0 Å². The third-order valence-electron chi connectivity index (χ3n) is 4.83. The molecule has 0 atom stereocenters. The lowest BCUT2D eigenvalue weighted by Crippen LogP contribution is -2.32. The number of alkyl halides is 3. The summed E-state index contributed by atoms with van der Waals surface area (Å²) in [6.45, 7) is 1.52. The maximum absolute atomic E-state index is 12.9. The Kier molecular flexibility index (Phi) is 4.67. The number of imidazole rings is 1. The highest BCUT2D eigenvalue weighted by atomic mass is 32.1. The van der Waals surface area contributed by atoms with Crippen LogP contribution in [-0.4, -0.2) is 33.3 Å². The molecule has 8 heteroatoms. The van der Waals surface area contributed by atoms with Crippen LogP contribution in [0.3, 0.4) is 0 Å². The van der Waals surface area contributed by atoms with Crippen molar-refractivity contribution in [1.29, 1.82) is 0 Å². The summed E-state index contributed by atoms with van der Waals surface area (Å²) in [5, 5.41) is 1.80. The number of benzene rings is 1. The Balaban J connectivity index is 1.63. The second-order valence-corrected chi connectivity index (χ2v) is 7.52. The predicted molar refractivity (Wildman–Crippen MR) is 97.9 cm³/mol. The SMILES string of the molecule is O=C(c1csc2nc(-c3ccc(C(F)(F)F)cc3)cn12)N1CCCCCC1. The monoisotopic (exact) mass is 393 g/mol. The van der Waals surface area contributed by atoms with Crippen LogP contribution in [0.4, 0.5) is 13.2 Å². The fourth-order valence-corrected chi connectivity index (χ4v) is 4.19. The van der Waals surface area contributed by atoms with Crippen LogP contribution in [0.2, 0.25) is 0 Å². The van der Waals surface area contributed by atoms with Gasteiger partial charge >= 0.3 is 6.18 Å². The quantitative estimate of drug-likeness (QED) is 0.608. The lowest BCUT2D eigenvalue weighted by molar-refractivity contribution is -0.137. The van der Waals surface area contributed by atoms with Crippen molar-refractivity contribution in [2.24, 2.45) is 0 Å². The first kappa shape index (κ1) is 18.0. The van der Waals surface area contributed by atoms with E-state index in [1.165, 1.54) is 23.5 Å². The highest BCUT2D eigenvalue weighted by molar-refractivity contribution is 7.15. The van der Waals surface area contributed by atoms with E-state index in [4.69, 9.17) is 0 Å². The van der Waals surface area contributed by atoms with Gasteiger partial charge in [-0.3, -0.25) is 9.20 Å². The lowest BCUT2D eigenvalue weighted by Gasteiger charge is -2.19. The molecule has 1 saturated heterocycles. The van der Waals surface area contributed by atoms with E-state index in [2.05, 4.69) is 4.98 Å². The van der Waals surface area contributed by atoms with Gasteiger partial charge in [-0.25, -0.2) is 4.98 Å². The number of aromatic nitrogens is 2. The minimum atomic E-state index is -4.36. The summed E-state index contributed by atoms with van der Waals surface area (Å²) in [6, 6.07) is 4.91. The summed E-state index contributed by atoms with van der Waals surface area (Å²) >= 11 is 1.36. The average Bonchev–Trinajstić information content (AvgIpc) is 3.11. The van der Waals surface area contributed by atoms with Crippen molar-refractivity contribution < 1.29 is 18.0 Å². The Bertz CT molecular complexity index is 951. The fourth-order valence-electron chi connectivity index (χ4n) is 3.34. The molecule has 0 unspecified atom stereocenters. The van der Waals surface area contributed by atoms with E-state index in [0.717, 1.165) is 50.9 Å².